The van der Waals surface area contributed by atoms with Crippen molar-refractivity contribution < 1.29 is 39.8 Å². The number of nitrogens with one attached hydrogen (secondary N) is 1. The Hall–Kier alpha value is -1.07. The van der Waals surface area contributed by atoms with Crippen molar-refractivity contribution in [2.45, 2.75) is 211 Å². The molecule has 0 aromatic heterocycles. The molecule has 1 aliphatic heterocycles. The molecule has 1 aliphatic rings. The molecule has 9 nitrogen and oxygen atoms in total. The minimum atomic E-state index is -1.56. The predicted octanol–water partition coefficient (Wildman–Crippen LogP) is 6.61. The molecular weight excluding hydrogens is 598 g/mol. The van der Waals surface area contributed by atoms with Gasteiger partial charge in [0.1, 0.15) is 24.4 Å². The summed E-state index contributed by atoms with van der Waals surface area (Å²) in [5, 5.41) is 53.8. The molecule has 6 N–H and O–H groups in total. The number of hydrogen-bond donors (Lipinski definition) is 6. The van der Waals surface area contributed by atoms with Crippen LogP contribution >= 0.6 is 0 Å². The number of allylic oxidation sites excluding steroid dienone is 1. The summed E-state index contributed by atoms with van der Waals surface area (Å²) >= 11 is 0. The Balaban J connectivity index is 2.46. The van der Waals surface area contributed by atoms with Gasteiger partial charge in [-0.2, -0.15) is 0 Å². The van der Waals surface area contributed by atoms with Crippen molar-refractivity contribution in [3.63, 3.8) is 0 Å². The van der Waals surface area contributed by atoms with Gasteiger partial charge in [0.2, 0.25) is 5.91 Å². The molecule has 47 heavy (non-hydrogen) atoms. The van der Waals surface area contributed by atoms with Crippen LogP contribution in [0.4, 0.5) is 0 Å². The van der Waals surface area contributed by atoms with Crippen LogP contribution < -0.4 is 5.32 Å². The summed E-state index contributed by atoms with van der Waals surface area (Å²) in [6.45, 7) is 3.74. The molecule has 9 heteroatoms. The molecule has 0 aromatic carbocycles. The van der Waals surface area contributed by atoms with Gasteiger partial charge in [-0.05, 0) is 19.3 Å². The molecule has 1 saturated heterocycles. The molecule has 0 bridgehead atoms. The minimum absolute atomic E-state index is 0.179. The van der Waals surface area contributed by atoms with E-state index in [4.69, 9.17) is 9.47 Å². The van der Waals surface area contributed by atoms with Gasteiger partial charge in [-0.3, -0.25) is 4.79 Å². The zero-order chi connectivity index (χ0) is 34.5. The number of rotatable bonds is 31. The second-order valence-electron chi connectivity index (χ2n) is 13.7. The van der Waals surface area contributed by atoms with Crippen LogP contribution in [-0.4, -0.2) is 87.5 Å². The van der Waals surface area contributed by atoms with Gasteiger partial charge in [0.25, 0.3) is 0 Å². The Morgan fingerprint density at radius 3 is 1.66 bits per heavy atom. The second kappa shape index (κ2) is 29.8. The second-order valence-corrected chi connectivity index (χ2v) is 13.7. The third-order valence-corrected chi connectivity index (χ3v) is 9.36. The third-order valence-electron chi connectivity index (χ3n) is 9.36. The summed E-state index contributed by atoms with van der Waals surface area (Å²) < 4.78 is 11.1. The lowest BCUT2D eigenvalue weighted by Gasteiger charge is -2.40. The fraction of sp³-hybridized carbons (Fsp3) is 0.921. The SMILES string of the molecule is CCCCCCCCCCCCC/C=C/[C@@H](O)[C@H](CO[C@@H]1O[C@H](CO)[C@H](O)C(O)C1O)NC(=O)CCCCCCCCCCCCC. The highest BCUT2D eigenvalue weighted by atomic mass is 16.7. The molecule has 0 spiro atoms. The number of ether oxygens (including phenoxy) is 2. The van der Waals surface area contributed by atoms with Crippen LogP contribution in [0, 0.1) is 0 Å². The quantitative estimate of drug-likeness (QED) is 0.0357. The number of carbonyl (C=O) groups excluding carboxylic acids is 1. The number of carbonyl (C=O) groups is 1. The zero-order valence-electron chi connectivity index (χ0n) is 30.0. The fourth-order valence-electron chi connectivity index (χ4n) is 6.15. The van der Waals surface area contributed by atoms with E-state index in [0.29, 0.717) is 6.42 Å². The van der Waals surface area contributed by atoms with E-state index in [1.54, 1.807) is 6.08 Å². The number of hydrogen-bond acceptors (Lipinski definition) is 8. The van der Waals surface area contributed by atoms with Crippen LogP contribution in [0.5, 0.6) is 0 Å². The number of unbranched alkanes of at least 4 members (excludes halogenated alkanes) is 21. The smallest absolute Gasteiger partial charge is 0.220 e. The zero-order valence-corrected chi connectivity index (χ0v) is 30.0. The van der Waals surface area contributed by atoms with Crippen molar-refractivity contribution in [2.75, 3.05) is 13.2 Å². The Morgan fingerprint density at radius 1 is 0.702 bits per heavy atom. The first kappa shape index (κ1) is 44.0. The first-order valence-electron chi connectivity index (χ1n) is 19.4. The first-order chi connectivity index (χ1) is 22.8. The molecule has 0 saturated carbocycles. The van der Waals surface area contributed by atoms with E-state index >= 15 is 0 Å². The molecule has 1 fully saturated rings. The lowest BCUT2D eigenvalue weighted by molar-refractivity contribution is -0.302. The van der Waals surface area contributed by atoms with E-state index in [0.717, 1.165) is 38.5 Å². The van der Waals surface area contributed by atoms with Crippen molar-refractivity contribution >= 4 is 5.91 Å². The van der Waals surface area contributed by atoms with Gasteiger partial charge in [0.05, 0.1) is 25.4 Å². The molecule has 1 amide bonds. The summed E-state index contributed by atoms with van der Waals surface area (Å²) in [4.78, 5) is 12.8. The number of aliphatic hydroxyl groups is 5. The topological polar surface area (TPSA) is 149 Å². The van der Waals surface area contributed by atoms with Crippen LogP contribution in [0.25, 0.3) is 0 Å². The number of aliphatic hydroxyl groups excluding tert-OH is 5. The van der Waals surface area contributed by atoms with Crippen molar-refractivity contribution in [3.05, 3.63) is 12.2 Å². The Kier molecular flexibility index (Phi) is 27.9. The molecule has 0 aliphatic carbocycles. The largest absolute Gasteiger partial charge is 0.394 e. The van der Waals surface area contributed by atoms with Crippen LogP contribution in [0.2, 0.25) is 0 Å². The summed E-state index contributed by atoms with van der Waals surface area (Å²) in [5.41, 5.74) is 0. The van der Waals surface area contributed by atoms with E-state index in [1.807, 2.05) is 6.08 Å². The van der Waals surface area contributed by atoms with Gasteiger partial charge in [0.15, 0.2) is 6.29 Å². The maximum atomic E-state index is 12.8. The molecule has 1 rings (SSSR count). The molecule has 1 heterocycles. The van der Waals surface area contributed by atoms with Crippen molar-refractivity contribution in [2.24, 2.45) is 0 Å². The highest BCUT2D eigenvalue weighted by Gasteiger charge is 2.44. The summed E-state index contributed by atoms with van der Waals surface area (Å²) in [6, 6.07) is -0.795. The van der Waals surface area contributed by atoms with E-state index in [-0.39, 0.29) is 12.5 Å². The van der Waals surface area contributed by atoms with E-state index < -0.39 is 49.5 Å². The molecule has 0 radical (unpaired) electrons. The summed E-state index contributed by atoms with van der Waals surface area (Å²) in [5.74, 6) is -0.179. The van der Waals surface area contributed by atoms with Crippen LogP contribution in [0.3, 0.4) is 0 Å². The third kappa shape index (κ3) is 21.6. The molecule has 0 aromatic rings. The molecular formula is C38H73NO8. The van der Waals surface area contributed by atoms with Gasteiger partial charge in [-0.15, -0.1) is 0 Å². The lowest BCUT2D eigenvalue weighted by atomic mass is 9.99. The van der Waals surface area contributed by atoms with Gasteiger partial charge < -0.3 is 40.3 Å². The highest BCUT2D eigenvalue weighted by Crippen LogP contribution is 2.22. The van der Waals surface area contributed by atoms with Gasteiger partial charge in [-0.1, -0.05) is 154 Å². The Bertz CT molecular complexity index is 751. The molecule has 278 valence electrons. The van der Waals surface area contributed by atoms with Gasteiger partial charge >= 0.3 is 0 Å². The number of amides is 1. The average molecular weight is 672 g/mol. The fourth-order valence-corrected chi connectivity index (χ4v) is 6.15. The monoisotopic (exact) mass is 672 g/mol. The molecule has 7 atom stereocenters. The van der Waals surface area contributed by atoms with E-state index in [2.05, 4.69) is 19.2 Å². The van der Waals surface area contributed by atoms with Gasteiger partial charge in [-0.25, -0.2) is 0 Å². The maximum Gasteiger partial charge on any atom is 0.220 e. The Morgan fingerprint density at radius 2 is 1.17 bits per heavy atom. The standard InChI is InChI=1S/C38H73NO8/c1-3-5-7-9-11-13-15-16-18-19-21-23-25-27-32(41)31(30-46-38-37(45)36(44)35(43)33(29-40)47-38)39-34(42)28-26-24-22-20-17-14-12-10-8-6-4-2/h25,27,31-33,35-38,40-41,43-45H,3-24,26,28-30H2,1-2H3,(H,39,42)/b27-25+/t31-,32+,33+,35-,36?,37?,38+/m0/s1. The first-order valence-corrected chi connectivity index (χ1v) is 19.4. The van der Waals surface area contributed by atoms with Crippen LogP contribution in [0.15, 0.2) is 12.2 Å². The van der Waals surface area contributed by atoms with Gasteiger partial charge in [0, 0.05) is 6.42 Å². The van der Waals surface area contributed by atoms with Crippen LogP contribution in [0.1, 0.15) is 168 Å². The summed E-state index contributed by atoms with van der Waals surface area (Å²) in [7, 11) is 0. The summed E-state index contributed by atoms with van der Waals surface area (Å²) in [6.07, 6.45) is 23.9. The minimum Gasteiger partial charge on any atom is -0.394 e. The lowest BCUT2D eigenvalue weighted by Crippen LogP contribution is -2.60. The van der Waals surface area contributed by atoms with E-state index in [9.17, 15) is 30.3 Å². The Labute approximate surface area is 286 Å². The predicted molar refractivity (Wildman–Crippen MR) is 189 cm³/mol. The normalized spacial score (nSPS) is 22.9. The van der Waals surface area contributed by atoms with Crippen molar-refractivity contribution in [1.82, 2.24) is 5.32 Å². The van der Waals surface area contributed by atoms with Crippen molar-refractivity contribution in [1.29, 1.82) is 0 Å². The van der Waals surface area contributed by atoms with Crippen molar-refractivity contribution in [3.8, 4) is 0 Å². The van der Waals surface area contributed by atoms with Crippen LogP contribution in [-0.2, 0) is 14.3 Å². The molecule has 2 unspecified atom stereocenters. The average Bonchev–Trinajstić information content (AvgIpc) is 3.07. The maximum absolute atomic E-state index is 12.8. The van der Waals surface area contributed by atoms with E-state index in [1.165, 1.54) is 109 Å². The highest BCUT2D eigenvalue weighted by molar-refractivity contribution is 5.76.